The molecule has 0 radical (unpaired) electrons. The average molecular weight is 413 g/mol. The van der Waals surface area contributed by atoms with Crippen LogP contribution in [0, 0.1) is 6.92 Å². The van der Waals surface area contributed by atoms with E-state index in [-0.39, 0.29) is 5.92 Å². The van der Waals surface area contributed by atoms with E-state index in [4.69, 9.17) is 15.5 Å². The molecule has 2 aromatic heterocycles. The second kappa shape index (κ2) is 8.16. The first kappa shape index (κ1) is 19.8. The Morgan fingerprint density at radius 2 is 2.00 bits per heavy atom. The third-order valence-corrected chi connectivity index (χ3v) is 6.39. The summed E-state index contributed by atoms with van der Waals surface area (Å²) in [4.78, 5) is 9.47. The van der Waals surface area contributed by atoms with E-state index < -0.39 is 0 Å². The van der Waals surface area contributed by atoms with Gasteiger partial charge in [0.15, 0.2) is 0 Å². The number of fused-ring (bicyclic) bond motifs is 2. The third kappa shape index (κ3) is 3.59. The fourth-order valence-corrected chi connectivity index (χ4v) is 4.94. The Balaban J connectivity index is 1.67. The smallest absolute Gasteiger partial charge is 0.131 e. The number of aryl methyl sites for hydroxylation is 2. The average Bonchev–Trinajstić information content (AvgIpc) is 3.19. The van der Waals surface area contributed by atoms with E-state index in [1.807, 2.05) is 6.92 Å². The van der Waals surface area contributed by atoms with E-state index in [0.717, 1.165) is 42.6 Å². The minimum Gasteiger partial charge on any atom is -0.383 e. The van der Waals surface area contributed by atoms with E-state index in [9.17, 15) is 0 Å². The number of nitrogens with two attached hydrogens (primary N) is 1. The van der Waals surface area contributed by atoms with Crippen LogP contribution in [0.15, 0.2) is 54.7 Å². The Labute approximate surface area is 182 Å². The zero-order valence-corrected chi connectivity index (χ0v) is 18.1. The molecule has 2 aromatic carbocycles. The first-order valence-electron chi connectivity index (χ1n) is 11.0. The fraction of sp³-hybridized carbons (Fsp3) is 0.308. The SMILES string of the molecule is COCCn1ccc2ccc(-c3nc(C)nc(N)c3[C@@H]3CCCc4ccccc43)cc21. The van der Waals surface area contributed by atoms with E-state index in [1.54, 1.807) is 7.11 Å². The molecule has 0 unspecified atom stereocenters. The Hall–Kier alpha value is -3.18. The first-order chi connectivity index (χ1) is 15.2. The number of rotatable bonds is 5. The molecule has 31 heavy (non-hydrogen) atoms. The predicted molar refractivity (Wildman–Crippen MR) is 125 cm³/mol. The van der Waals surface area contributed by atoms with Crippen LogP contribution < -0.4 is 5.73 Å². The maximum absolute atomic E-state index is 6.56. The quantitative estimate of drug-likeness (QED) is 0.495. The van der Waals surface area contributed by atoms with Crippen LogP contribution in [0.1, 0.15) is 41.3 Å². The highest BCUT2D eigenvalue weighted by molar-refractivity contribution is 5.86. The molecular formula is C26H28N4O. The lowest BCUT2D eigenvalue weighted by molar-refractivity contribution is 0.188. The largest absolute Gasteiger partial charge is 0.383 e. The summed E-state index contributed by atoms with van der Waals surface area (Å²) in [7, 11) is 1.73. The van der Waals surface area contributed by atoms with Gasteiger partial charge in [-0.1, -0.05) is 36.4 Å². The number of nitrogen functional groups attached to an aromatic ring is 1. The third-order valence-electron chi connectivity index (χ3n) is 6.39. The van der Waals surface area contributed by atoms with Gasteiger partial charge >= 0.3 is 0 Å². The van der Waals surface area contributed by atoms with Crippen LogP contribution in [0.5, 0.6) is 0 Å². The van der Waals surface area contributed by atoms with Gasteiger partial charge in [0.25, 0.3) is 0 Å². The van der Waals surface area contributed by atoms with Crippen LogP contribution in [0.2, 0.25) is 0 Å². The number of hydrogen-bond acceptors (Lipinski definition) is 4. The molecule has 5 rings (SSSR count). The van der Waals surface area contributed by atoms with Crippen molar-refractivity contribution in [1.29, 1.82) is 0 Å². The molecule has 0 fully saturated rings. The maximum atomic E-state index is 6.56. The van der Waals surface area contributed by atoms with Crippen molar-refractivity contribution < 1.29 is 4.74 Å². The monoisotopic (exact) mass is 412 g/mol. The molecular weight excluding hydrogens is 384 g/mol. The Bertz CT molecular complexity index is 1240. The molecule has 2 heterocycles. The summed E-state index contributed by atoms with van der Waals surface area (Å²) in [6.07, 6.45) is 5.44. The molecule has 2 N–H and O–H groups in total. The molecule has 1 atom stereocenters. The van der Waals surface area contributed by atoms with Gasteiger partial charge in [0.2, 0.25) is 0 Å². The predicted octanol–water partition coefficient (Wildman–Crippen LogP) is 5.10. The van der Waals surface area contributed by atoms with Gasteiger partial charge in [-0.2, -0.15) is 0 Å². The van der Waals surface area contributed by atoms with Crippen molar-refractivity contribution in [2.45, 2.75) is 38.6 Å². The lowest BCUT2D eigenvalue weighted by atomic mass is 9.78. The second-order valence-electron chi connectivity index (χ2n) is 8.34. The highest BCUT2D eigenvalue weighted by Gasteiger charge is 2.27. The number of benzene rings is 2. The molecule has 0 aliphatic heterocycles. The van der Waals surface area contributed by atoms with Crippen molar-refractivity contribution in [2.75, 3.05) is 19.5 Å². The number of methoxy groups -OCH3 is 1. The summed E-state index contributed by atoms with van der Waals surface area (Å²) in [5, 5.41) is 1.21. The summed E-state index contributed by atoms with van der Waals surface area (Å²) in [5.74, 6) is 1.52. The normalized spacial score (nSPS) is 15.9. The second-order valence-corrected chi connectivity index (χ2v) is 8.34. The van der Waals surface area contributed by atoms with Gasteiger partial charge in [-0.15, -0.1) is 0 Å². The van der Waals surface area contributed by atoms with Crippen molar-refractivity contribution in [2.24, 2.45) is 0 Å². The van der Waals surface area contributed by atoms with Gasteiger partial charge in [0.05, 0.1) is 12.3 Å². The van der Waals surface area contributed by atoms with Crippen molar-refractivity contribution in [3.8, 4) is 11.3 Å². The van der Waals surface area contributed by atoms with Crippen molar-refractivity contribution in [1.82, 2.24) is 14.5 Å². The van der Waals surface area contributed by atoms with Gasteiger partial charge in [-0.25, -0.2) is 9.97 Å². The highest BCUT2D eigenvalue weighted by Crippen LogP contribution is 2.42. The molecule has 0 bridgehead atoms. The minimum absolute atomic E-state index is 0.219. The Morgan fingerprint density at radius 1 is 1.13 bits per heavy atom. The molecule has 0 spiro atoms. The molecule has 5 nitrogen and oxygen atoms in total. The van der Waals surface area contributed by atoms with Crippen LogP contribution in [0.4, 0.5) is 5.82 Å². The summed E-state index contributed by atoms with van der Waals surface area (Å²) in [5.41, 5.74) is 13.6. The standard InChI is InChI=1S/C26H28N4O/c1-17-28-25(20-11-10-19-12-13-30(14-15-31-2)23(19)16-20)24(26(27)29-17)22-9-5-7-18-6-3-4-8-21(18)22/h3-4,6,8,10-13,16,22H,5,7,9,14-15H2,1-2H3,(H2,27,28,29)/t22-/m1/s1. The summed E-state index contributed by atoms with van der Waals surface area (Å²) in [6, 6.07) is 17.4. The zero-order chi connectivity index (χ0) is 21.4. The summed E-state index contributed by atoms with van der Waals surface area (Å²) in [6.45, 7) is 3.41. The fourth-order valence-electron chi connectivity index (χ4n) is 4.94. The van der Waals surface area contributed by atoms with E-state index >= 15 is 0 Å². The van der Waals surface area contributed by atoms with Gasteiger partial charge in [-0.3, -0.25) is 0 Å². The van der Waals surface area contributed by atoms with Crippen LogP contribution in [0.25, 0.3) is 22.2 Å². The van der Waals surface area contributed by atoms with E-state index in [0.29, 0.717) is 18.2 Å². The van der Waals surface area contributed by atoms with Crippen LogP contribution in [-0.4, -0.2) is 28.3 Å². The summed E-state index contributed by atoms with van der Waals surface area (Å²) >= 11 is 0. The molecule has 4 aromatic rings. The zero-order valence-electron chi connectivity index (χ0n) is 18.1. The van der Waals surface area contributed by atoms with Crippen LogP contribution >= 0.6 is 0 Å². The van der Waals surface area contributed by atoms with Gasteiger partial charge < -0.3 is 15.0 Å². The van der Waals surface area contributed by atoms with Crippen molar-refractivity contribution in [3.63, 3.8) is 0 Å². The van der Waals surface area contributed by atoms with E-state index in [2.05, 4.69) is 64.3 Å². The van der Waals surface area contributed by atoms with Gasteiger partial charge in [-0.05, 0) is 54.8 Å². The van der Waals surface area contributed by atoms with Crippen molar-refractivity contribution in [3.05, 3.63) is 77.2 Å². The Morgan fingerprint density at radius 3 is 2.87 bits per heavy atom. The lowest BCUT2D eigenvalue weighted by Gasteiger charge is -2.28. The van der Waals surface area contributed by atoms with Crippen LogP contribution in [0.3, 0.4) is 0 Å². The minimum atomic E-state index is 0.219. The molecule has 1 aliphatic rings. The van der Waals surface area contributed by atoms with Crippen molar-refractivity contribution >= 4 is 16.7 Å². The first-order valence-corrected chi connectivity index (χ1v) is 11.0. The lowest BCUT2D eigenvalue weighted by Crippen LogP contribution is -2.16. The van der Waals surface area contributed by atoms with Gasteiger partial charge in [0.1, 0.15) is 11.6 Å². The Kier molecular flexibility index (Phi) is 5.20. The number of nitrogens with zero attached hydrogens (tertiary/aromatic N) is 3. The molecule has 5 heteroatoms. The number of anilines is 1. The molecule has 158 valence electrons. The molecule has 0 amide bonds. The molecule has 1 aliphatic carbocycles. The number of aromatic nitrogens is 3. The number of hydrogen-bond donors (Lipinski definition) is 1. The number of ether oxygens (including phenoxy) is 1. The van der Waals surface area contributed by atoms with Crippen LogP contribution in [-0.2, 0) is 17.7 Å². The highest BCUT2D eigenvalue weighted by atomic mass is 16.5. The topological polar surface area (TPSA) is 66.0 Å². The van der Waals surface area contributed by atoms with E-state index in [1.165, 1.54) is 22.0 Å². The molecule has 0 saturated carbocycles. The summed E-state index contributed by atoms with van der Waals surface area (Å²) < 4.78 is 7.52. The maximum Gasteiger partial charge on any atom is 0.131 e. The van der Waals surface area contributed by atoms with Gasteiger partial charge in [0, 0.05) is 42.4 Å². The molecule has 0 saturated heterocycles.